The molecule has 0 fully saturated rings. The number of nitro groups is 1. The van der Waals surface area contributed by atoms with E-state index in [0.29, 0.717) is 18.9 Å². The summed E-state index contributed by atoms with van der Waals surface area (Å²) in [6.07, 6.45) is 3.11. The zero-order valence-electron chi connectivity index (χ0n) is 12.8. The number of nitrogens with one attached hydrogen (secondary N) is 1. The van der Waals surface area contributed by atoms with Gasteiger partial charge < -0.3 is 25.7 Å². The minimum Gasteiger partial charge on any atom is -0.358 e. The van der Waals surface area contributed by atoms with Gasteiger partial charge in [-0.05, 0) is 22.7 Å². The van der Waals surface area contributed by atoms with Crippen molar-refractivity contribution in [2.45, 2.75) is 52.1 Å². The van der Waals surface area contributed by atoms with E-state index >= 15 is 0 Å². The minimum absolute atomic E-state index is 0.111. The molecule has 1 amide bonds. The van der Waals surface area contributed by atoms with E-state index in [1.54, 1.807) is 11.5 Å². The van der Waals surface area contributed by atoms with Gasteiger partial charge in [0.15, 0.2) is 0 Å². The van der Waals surface area contributed by atoms with Crippen molar-refractivity contribution >= 4 is 11.7 Å². The number of hydrogen-bond donors (Lipinski definition) is 2. The topological polar surface area (TPSA) is 116 Å². The molecule has 1 heterocycles. The third-order valence-corrected chi connectivity index (χ3v) is 3.88. The summed E-state index contributed by atoms with van der Waals surface area (Å²) in [5.41, 5.74) is 5.37. The fourth-order valence-electron chi connectivity index (χ4n) is 2.15. The van der Waals surface area contributed by atoms with Crippen LogP contribution in [0.3, 0.4) is 0 Å². The maximum absolute atomic E-state index is 12.0. The van der Waals surface area contributed by atoms with Crippen LogP contribution in [0.1, 0.15) is 38.9 Å². The number of carbonyl (C=O) groups is 1. The molecule has 0 aromatic carbocycles. The number of aromatic nitrogens is 2. The van der Waals surface area contributed by atoms with Gasteiger partial charge in [-0.25, -0.2) is 0 Å². The van der Waals surface area contributed by atoms with E-state index in [-0.39, 0.29) is 23.7 Å². The Labute approximate surface area is 123 Å². The molecule has 0 saturated carbocycles. The smallest absolute Gasteiger partial charge is 0.358 e. The molecule has 0 aliphatic heterocycles. The molecule has 8 heteroatoms. The number of amides is 1. The van der Waals surface area contributed by atoms with Crippen LogP contribution in [-0.2, 0) is 11.3 Å². The van der Waals surface area contributed by atoms with E-state index in [4.69, 9.17) is 5.73 Å². The summed E-state index contributed by atoms with van der Waals surface area (Å²) in [5, 5.41) is 13.6. The van der Waals surface area contributed by atoms with Crippen molar-refractivity contribution in [1.29, 1.82) is 0 Å². The van der Waals surface area contributed by atoms with Crippen LogP contribution in [0.25, 0.3) is 0 Å². The first-order valence-electron chi connectivity index (χ1n) is 7.06. The van der Waals surface area contributed by atoms with Gasteiger partial charge in [-0.3, -0.25) is 4.79 Å². The summed E-state index contributed by atoms with van der Waals surface area (Å²) < 4.78 is 1.61. The Kier molecular flexibility index (Phi) is 5.83. The lowest BCUT2D eigenvalue weighted by Gasteiger charge is -2.31. The molecule has 1 aromatic heterocycles. The van der Waals surface area contributed by atoms with Crippen molar-refractivity contribution in [2.75, 3.05) is 6.54 Å². The molecule has 21 heavy (non-hydrogen) atoms. The summed E-state index contributed by atoms with van der Waals surface area (Å²) in [7, 11) is 0. The summed E-state index contributed by atoms with van der Waals surface area (Å²) >= 11 is 0. The third-order valence-electron chi connectivity index (χ3n) is 3.88. The van der Waals surface area contributed by atoms with Crippen molar-refractivity contribution in [3.8, 4) is 0 Å². The van der Waals surface area contributed by atoms with Gasteiger partial charge in [0, 0.05) is 26.4 Å². The van der Waals surface area contributed by atoms with E-state index in [1.165, 1.54) is 6.20 Å². The molecular formula is C13H23N5O3. The first kappa shape index (κ1) is 17.1. The van der Waals surface area contributed by atoms with Crippen molar-refractivity contribution in [3.63, 3.8) is 0 Å². The molecule has 3 N–H and O–H groups in total. The highest BCUT2D eigenvalue weighted by Gasteiger charge is 2.26. The Balaban J connectivity index is 2.63. The van der Waals surface area contributed by atoms with Crippen LogP contribution in [0.2, 0.25) is 0 Å². The number of aryl methyl sites for hydroxylation is 2. The summed E-state index contributed by atoms with van der Waals surface area (Å²) in [6.45, 7) is 6.39. The van der Waals surface area contributed by atoms with Gasteiger partial charge in [0.2, 0.25) is 11.7 Å². The van der Waals surface area contributed by atoms with E-state index in [2.05, 4.69) is 10.3 Å². The highest BCUT2D eigenvalue weighted by Crippen LogP contribution is 2.14. The van der Waals surface area contributed by atoms with Crippen molar-refractivity contribution in [2.24, 2.45) is 5.73 Å². The van der Waals surface area contributed by atoms with E-state index in [9.17, 15) is 14.9 Å². The molecule has 8 nitrogen and oxygen atoms in total. The Morgan fingerprint density at radius 3 is 2.57 bits per heavy atom. The van der Waals surface area contributed by atoms with Crippen LogP contribution in [0.4, 0.5) is 5.82 Å². The van der Waals surface area contributed by atoms with Gasteiger partial charge >= 0.3 is 5.82 Å². The standard InChI is InChI=1S/C13H23N5O3/c1-4-13(5-2,9-14)16-12(19)6-7-17-8-11(18(20)21)15-10(17)3/h8H,4-7,9,14H2,1-3H3,(H,16,19). The average Bonchev–Trinajstić information content (AvgIpc) is 2.84. The van der Waals surface area contributed by atoms with Gasteiger partial charge in [-0.1, -0.05) is 13.8 Å². The minimum atomic E-state index is -0.544. The SMILES string of the molecule is CCC(CC)(CN)NC(=O)CCn1cc([N+](=O)[O-])nc1C. The van der Waals surface area contributed by atoms with Gasteiger partial charge in [-0.2, -0.15) is 0 Å². The van der Waals surface area contributed by atoms with Crippen molar-refractivity contribution in [1.82, 2.24) is 14.9 Å². The average molecular weight is 297 g/mol. The third kappa shape index (κ3) is 4.25. The number of nitrogens with zero attached hydrogens (tertiary/aromatic N) is 3. The molecule has 0 unspecified atom stereocenters. The molecule has 118 valence electrons. The highest BCUT2D eigenvalue weighted by atomic mass is 16.6. The Morgan fingerprint density at radius 2 is 2.14 bits per heavy atom. The fourth-order valence-corrected chi connectivity index (χ4v) is 2.15. The lowest BCUT2D eigenvalue weighted by atomic mass is 9.93. The van der Waals surface area contributed by atoms with Crippen molar-refractivity contribution < 1.29 is 9.72 Å². The van der Waals surface area contributed by atoms with Gasteiger partial charge in [-0.15, -0.1) is 0 Å². The molecule has 1 aromatic rings. The molecule has 0 radical (unpaired) electrons. The van der Waals surface area contributed by atoms with Crippen LogP contribution in [-0.4, -0.2) is 32.5 Å². The van der Waals surface area contributed by atoms with Crippen molar-refractivity contribution in [3.05, 3.63) is 22.1 Å². The zero-order chi connectivity index (χ0) is 16.0. The Morgan fingerprint density at radius 1 is 1.52 bits per heavy atom. The maximum Gasteiger partial charge on any atom is 0.381 e. The monoisotopic (exact) mass is 297 g/mol. The Bertz CT molecular complexity index is 500. The molecule has 0 aliphatic rings. The molecule has 0 saturated heterocycles. The predicted molar refractivity (Wildman–Crippen MR) is 78.7 cm³/mol. The molecule has 0 atom stereocenters. The lowest BCUT2D eigenvalue weighted by molar-refractivity contribution is -0.389. The van der Waals surface area contributed by atoms with Crippen LogP contribution in [0.5, 0.6) is 0 Å². The highest BCUT2D eigenvalue weighted by molar-refractivity contribution is 5.76. The number of hydrogen-bond acceptors (Lipinski definition) is 5. The molecule has 1 rings (SSSR count). The first-order valence-corrected chi connectivity index (χ1v) is 7.06. The second-order valence-corrected chi connectivity index (χ2v) is 5.09. The molecule has 0 aliphatic carbocycles. The quantitative estimate of drug-likeness (QED) is 0.551. The summed E-state index contributed by atoms with van der Waals surface area (Å²) in [5.74, 6) is 0.205. The number of carbonyl (C=O) groups excluding carboxylic acids is 1. The van der Waals surface area contributed by atoms with Gasteiger partial charge in [0.1, 0.15) is 6.20 Å². The summed E-state index contributed by atoms with van der Waals surface area (Å²) in [6, 6.07) is 0. The van der Waals surface area contributed by atoms with Crippen LogP contribution in [0, 0.1) is 17.0 Å². The van der Waals surface area contributed by atoms with Gasteiger partial charge in [0.25, 0.3) is 0 Å². The van der Waals surface area contributed by atoms with E-state index in [1.807, 2.05) is 13.8 Å². The number of rotatable bonds is 8. The normalized spacial score (nSPS) is 11.4. The Hall–Kier alpha value is -1.96. The second-order valence-electron chi connectivity index (χ2n) is 5.09. The molecular weight excluding hydrogens is 274 g/mol. The maximum atomic E-state index is 12.0. The largest absolute Gasteiger partial charge is 0.381 e. The van der Waals surface area contributed by atoms with E-state index in [0.717, 1.165) is 12.8 Å². The van der Waals surface area contributed by atoms with Gasteiger partial charge in [0.05, 0.1) is 5.54 Å². The second kappa shape index (κ2) is 7.16. The van der Waals surface area contributed by atoms with Crippen LogP contribution < -0.4 is 11.1 Å². The molecule has 0 spiro atoms. The zero-order valence-corrected chi connectivity index (χ0v) is 12.8. The number of imidazole rings is 1. The lowest BCUT2D eigenvalue weighted by Crippen LogP contribution is -2.53. The van der Waals surface area contributed by atoms with Crippen LogP contribution >= 0.6 is 0 Å². The fraction of sp³-hybridized carbons (Fsp3) is 0.692. The first-order chi connectivity index (χ1) is 9.87. The molecule has 0 bridgehead atoms. The van der Waals surface area contributed by atoms with E-state index < -0.39 is 4.92 Å². The van der Waals surface area contributed by atoms with Crippen LogP contribution in [0.15, 0.2) is 6.20 Å². The predicted octanol–water partition coefficient (Wildman–Crippen LogP) is 1.12. The number of nitrogens with two attached hydrogens (primary N) is 1. The summed E-state index contributed by atoms with van der Waals surface area (Å²) in [4.78, 5) is 26.0.